The molecule has 98 valence electrons. The molecule has 1 aliphatic rings. The van der Waals surface area contributed by atoms with Crippen LogP contribution < -0.4 is 11.1 Å². The predicted octanol–water partition coefficient (Wildman–Crippen LogP) is 1.99. The molecule has 5 heteroatoms. The van der Waals surface area contributed by atoms with Crippen molar-refractivity contribution in [1.29, 1.82) is 0 Å². The molecule has 0 heterocycles. The summed E-state index contributed by atoms with van der Waals surface area (Å²) in [6, 6.07) is 3.78. The van der Waals surface area contributed by atoms with Gasteiger partial charge >= 0.3 is 0 Å². The lowest BCUT2D eigenvalue weighted by Crippen LogP contribution is -2.40. The highest BCUT2D eigenvalue weighted by Crippen LogP contribution is 2.43. The van der Waals surface area contributed by atoms with Gasteiger partial charge in [0.25, 0.3) is 0 Å². The first-order valence-corrected chi connectivity index (χ1v) is 6.03. The van der Waals surface area contributed by atoms with Gasteiger partial charge in [0.15, 0.2) is 11.6 Å². The third kappa shape index (κ3) is 2.61. The van der Waals surface area contributed by atoms with Crippen LogP contribution in [0, 0.1) is 11.2 Å². The molecule has 18 heavy (non-hydrogen) atoms. The van der Waals surface area contributed by atoms with Crippen molar-refractivity contribution in [3.05, 3.63) is 24.0 Å². The maximum Gasteiger partial charge on any atom is 0.224 e. The zero-order valence-electron chi connectivity index (χ0n) is 10.1. The second-order valence-corrected chi connectivity index (χ2v) is 4.95. The fraction of sp³-hybridized carbons (Fsp3) is 0.462. The number of nitrogens with one attached hydrogen (secondary N) is 1. The van der Waals surface area contributed by atoms with Gasteiger partial charge in [0.05, 0.1) is 0 Å². The third-order valence-corrected chi connectivity index (χ3v) is 3.61. The molecule has 1 amide bonds. The summed E-state index contributed by atoms with van der Waals surface area (Å²) in [5.74, 6) is -1.33. The van der Waals surface area contributed by atoms with Crippen LogP contribution in [0.2, 0.25) is 0 Å². The molecule has 0 spiro atoms. The van der Waals surface area contributed by atoms with Gasteiger partial charge < -0.3 is 16.2 Å². The van der Waals surface area contributed by atoms with Crippen molar-refractivity contribution in [2.24, 2.45) is 11.1 Å². The van der Waals surface area contributed by atoms with Crippen LogP contribution in [-0.4, -0.2) is 17.6 Å². The Morgan fingerprint density at radius 3 is 2.72 bits per heavy atom. The number of hydrogen-bond acceptors (Lipinski definition) is 3. The molecule has 2 rings (SSSR count). The number of benzene rings is 1. The minimum Gasteiger partial charge on any atom is -0.505 e. The van der Waals surface area contributed by atoms with E-state index in [4.69, 9.17) is 10.8 Å². The van der Waals surface area contributed by atoms with E-state index >= 15 is 0 Å². The van der Waals surface area contributed by atoms with Crippen LogP contribution in [0.4, 0.5) is 10.1 Å². The number of phenols is 1. The molecule has 1 aliphatic carbocycles. The maximum atomic E-state index is 13.1. The van der Waals surface area contributed by atoms with Gasteiger partial charge in [-0.05, 0) is 36.9 Å². The Bertz CT molecular complexity index is 453. The average molecular weight is 252 g/mol. The first kappa shape index (κ1) is 12.8. The van der Waals surface area contributed by atoms with Crippen LogP contribution in [0.1, 0.15) is 25.7 Å². The summed E-state index contributed by atoms with van der Waals surface area (Å²) in [4.78, 5) is 11.8. The summed E-state index contributed by atoms with van der Waals surface area (Å²) >= 11 is 0. The van der Waals surface area contributed by atoms with Gasteiger partial charge in [0.1, 0.15) is 0 Å². The van der Waals surface area contributed by atoms with Crippen LogP contribution in [0.3, 0.4) is 0 Å². The van der Waals surface area contributed by atoms with Gasteiger partial charge in [-0.15, -0.1) is 0 Å². The highest BCUT2D eigenvalue weighted by Gasteiger charge is 2.37. The van der Waals surface area contributed by atoms with E-state index in [0.717, 1.165) is 25.3 Å². The monoisotopic (exact) mass is 252 g/mol. The molecule has 0 bridgehead atoms. The molecular weight excluding hydrogens is 235 g/mol. The molecule has 1 fully saturated rings. The van der Waals surface area contributed by atoms with Crippen LogP contribution in [-0.2, 0) is 4.79 Å². The number of nitrogens with two attached hydrogens (primary N) is 1. The van der Waals surface area contributed by atoms with E-state index in [1.807, 2.05) is 0 Å². The van der Waals surface area contributed by atoms with Crippen molar-refractivity contribution in [2.75, 3.05) is 11.9 Å². The van der Waals surface area contributed by atoms with E-state index in [-0.39, 0.29) is 11.3 Å². The normalized spacial score (nSPS) is 17.0. The second kappa shape index (κ2) is 4.94. The first-order chi connectivity index (χ1) is 8.54. The summed E-state index contributed by atoms with van der Waals surface area (Å²) in [7, 11) is 0. The molecule has 4 N–H and O–H groups in total. The highest BCUT2D eigenvalue weighted by molar-refractivity contribution is 5.91. The number of aromatic hydroxyl groups is 1. The lowest BCUT2D eigenvalue weighted by Gasteiger charge is -2.40. The second-order valence-electron chi connectivity index (χ2n) is 4.95. The van der Waals surface area contributed by atoms with Gasteiger partial charge in [-0.2, -0.15) is 0 Å². The smallest absolute Gasteiger partial charge is 0.224 e. The highest BCUT2D eigenvalue weighted by atomic mass is 19.1. The van der Waals surface area contributed by atoms with E-state index in [2.05, 4.69) is 5.32 Å². The molecule has 0 saturated heterocycles. The van der Waals surface area contributed by atoms with Crippen LogP contribution in [0.5, 0.6) is 5.75 Å². The molecule has 0 unspecified atom stereocenters. The number of hydrogen-bond donors (Lipinski definition) is 3. The SMILES string of the molecule is NCC1(CC(=O)Nc2ccc(O)c(F)c2)CCC1. The fourth-order valence-electron chi connectivity index (χ4n) is 2.26. The van der Waals surface area contributed by atoms with Gasteiger partial charge in [-0.3, -0.25) is 4.79 Å². The summed E-state index contributed by atoms with van der Waals surface area (Å²) in [5, 5.41) is 11.7. The van der Waals surface area contributed by atoms with E-state index in [1.54, 1.807) is 0 Å². The summed E-state index contributed by atoms with van der Waals surface area (Å²) in [6.45, 7) is 0.504. The zero-order chi connectivity index (χ0) is 13.2. The Morgan fingerprint density at radius 2 is 2.22 bits per heavy atom. The lowest BCUT2D eigenvalue weighted by atomic mass is 9.66. The van der Waals surface area contributed by atoms with Crippen molar-refractivity contribution < 1.29 is 14.3 Å². The van der Waals surface area contributed by atoms with Crippen molar-refractivity contribution in [3.63, 3.8) is 0 Å². The van der Waals surface area contributed by atoms with E-state index in [0.29, 0.717) is 18.7 Å². The molecule has 1 saturated carbocycles. The van der Waals surface area contributed by atoms with Crippen molar-refractivity contribution in [1.82, 2.24) is 0 Å². The van der Waals surface area contributed by atoms with Gasteiger partial charge in [0, 0.05) is 18.2 Å². The Balaban J connectivity index is 1.96. The molecule has 0 aromatic heterocycles. The minimum atomic E-state index is -0.745. The van der Waals surface area contributed by atoms with Gasteiger partial charge in [-0.1, -0.05) is 6.42 Å². The number of rotatable bonds is 4. The first-order valence-electron chi connectivity index (χ1n) is 6.03. The Kier molecular flexibility index (Phi) is 3.52. The van der Waals surface area contributed by atoms with E-state index in [9.17, 15) is 9.18 Å². The molecular formula is C13H17FN2O2. The zero-order valence-corrected chi connectivity index (χ0v) is 10.1. The number of amides is 1. The Morgan fingerprint density at radius 1 is 1.50 bits per heavy atom. The maximum absolute atomic E-state index is 13.1. The number of halogens is 1. The molecule has 0 aliphatic heterocycles. The van der Waals surface area contributed by atoms with Crippen molar-refractivity contribution >= 4 is 11.6 Å². The molecule has 0 radical (unpaired) electrons. The topological polar surface area (TPSA) is 75.4 Å². The third-order valence-electron chi connectivity index (χ3n) is 3.61. The molecule has 1 aromatic rings. The Hall–Kier alpha value is -1.62. The van der Waals surface area contributed by atoms with Crippen LogP contribution in [0.15, 0.2) is 18.2 Å². The average Bonchev–Trinajstić information content (AvgIpc) is 2.29. The standard InChI is InChI=1S/C13H17FN2O2/c14-10-6-9(2-3-11(10)17)16-12(18)7-13(8-15)4-1-5-13/h2-3,6,17H,1,4-5,7-8,15H2,(H,16,18). The quantitative estimate of drug-likeness (QED) is 0.717. The molecule has 4 nitrogen and oxygen atoms in total. The Labute approximate surface area is 105 Å². The van der Waals surface area contributed by atoms with Gasteiger partial charge in [0.2, 0.25) is 5.91 Å². The summed E-state index contributed by atoms with van der Waals surface area (Å²) in [6.07, 6.45) is 3.42. The van der Waals surface area contributed by atoms with E-state index in [1.165, 1.54) is 12.1 Å². The van der Waals surface area contributed by atoms with Crippen molar-refractivity contribution in [2.45, 2.75) is 25.7 Å². The summed E-state index contributed by atoms with van der Waals surface area (Å²) in [5.41, 5.74) is 5.96. The predicted molar refractivity (Wildman–Crippen MR) is 66.6 cm³/mol. The van der Waals surface area contributed by atoms with Gasteiger partial charge in [-0.25, -0.2) is 4.39 Å². The van der Waals surface area contributed by atoms with Crippen LogP contribution >= 0.6 is 0 Å². The molecule has 1 aromatic carbocycles. The number of carbonyl (C=O) groups is 1. The minimum absolute atomic E-state index is 0.0699. The number of phenolic OH excluding ortho intramolecular Hbond substituents is 1. The van der Waals surface area contributed by atoms with E-state index < -0.39 is 11.6 Å². The fourth-order valence-corrected chi connectivity index (χ4v) is 2.26. The number of anilines is 1. The molecule has 0 atom stereocenters. The summed E-state index contributed by atoms with van der Waals surface area (Å²) < 4.78 is 13.1. The largest absolute Gasteiger partial charge is 0.505 e. The lowest BCUT2D eigenvalue weighted by molar-refractivity contribution is -0.119. The van der Waals surface area contributed by atoms with Crippen LogP contribution in [0.25, 0.3) is 0 Å². The number of carbonyl (C=O) groups excluding carboxylic acids is 1. The van der Waals surface area contributed by atoms with Crippen molar-refractivity contribution in [3.8, 4) is 5.75 Å².